The smallest absolute Gasteiger partial charge is 0.445 e. The Balaban J connectivity index is 1.13. The lowest BCUT2D eigenvalue weighted by Crippen LogP contribution is -2.33. The summed E-state index contributed by atoms with van der Waals surface area (Å²) in [5.41, 5.74) is 3.21. The van der Waals surface area contributed by atoms with Gasteiger partial charge >= 0.3 is 18.6 Å². The van der Waals surface area contributed by atoms with E-state index >= 15 is 0 Å². The SMILES string of the molecule is O=C(c1ccc2[nH]nnc2c1)N1C=C2CN(C(=O)OCc3ccc(OC(F)(F)C(F)F)cc3)C[C@@H]2C1. The van der Waals surface area contributed by atoms with E-state index in [0.717, 1.165) is 23.2 Å². The second-order valence-corrected chi connectivity index (χ2v) is 8.45. The molecule has 1 fully saturated rings. The Hall–Kier alpha value is -4.16. The molecule has 188 valence electrons. The molecular formula is C23H19F4N5O4. The van der Waals surface area contributed by atoms with Crippen molar-refractivity contribution in [1.82, 2.24) is 25.2 Å². The number of benzene rings is 2. The number of aromatic nitrogens is 3. The Bertz CT molecular complexity index is 1330. The molecule has 2 amide bonds. The molecule has 0 radical (unpaired) electrons. The Labute approximate surface area is 201 Å². The molecule has 1 aromatic heterocycles. The van der Waals surface area contributed by atoms with Crippen LogP contribution < -0.4 is 4.74 Å². The first-order valence-electron chi connectivity index (χ1n) is 10.9. The van der Waals surface area contributed by atoms with E-state index in [1.54, 1.807) is 29.3 Å². The number of carbonyl (C=O) groups is 2. The highest BCUT2D eigenvalue weighted by Gasteiger charge is 2.44. The third-order valence-electron chi connectivity index (χ3n) is 5.96. The number of amides is 2. The van der Waals surface area contributed by atoms with Crippen LogP contribution in [0.1, 0.15) is 15.9 Å². The van der Waals surface area contributed by atoms with Crippen molar-refractivity contribution in [1.29, 1.82) is 0 Å². The van der Waals surface area contributed by atoms with Crippen LogP contribution in [0.2, 0.25) is 0 Å². The number of aromatic amines is 1. The van der Waals surface area contributed by atoms with Gasteiger partial charge in [0.2, 0.25) is 0 Å². The molecule has 3 aromatic rings. The van der Waals surface area contributed by atoms with E-state index in [9.17, 15) is 27.2 Å². The predicted molar refractivity (Wildman–Crippen MR) is 116 cm³/mol. The van der Waals surface area contributed by atoms with Crippen LogP contribution in [0, 0.1) is 5.92 Å². The molecular weight excluding hydrogens is 486 g/mol. The summed E-state index contributed by atoms with van der Waals surface area (Å²) >= 11 is 0. The van der Waals surface area contributed by atoms with Gasteiger partial charge in [-0.15, -0.1) is 5.10 Å². The number of ether oxygens (including phenoxy) is 2. The number of hydrogen-bond donors (Lipinski definition) is 1. The normalized spacial score (nSPS) is 17.5. The first-order valence-corrected chi connectivity index (χ1v) is 10.9. The van der Waals surface area contributed by atoms with Gasteiger partial charge in [-0.2, -0.15) is 17.6 Å². The molecule has 0 aliphatic carbocycles. The summed E-state index contributed by atoms with van der Waals surface area (Å²) in [6.45, 7) is 0.983. The molecule has 1 N–H and O–H groups in total. The molecule has 9 nitrogen and oxygen atoms in total. The maximum atomic E-state index is 13.0. The van der Waals surface area contributed by atoms with Crippen molar-refractivity contribution in [2.45, 2.75) is 19.1 Å². The zero-order valence-electron chi connectivity index (χ0n) is 18.5. The number of H-pyrrole nitrogens is 1. The predicted octanol–water partition coefficient (Wildman–Crippen LogP) is 3.80. The van der Waals surface area contributed by atoms with E-state index in [1.165, 1.54) is 17.0 Å². The molecule has 0 spiro atoms. The average Bonchev–Trinajstić information content (AvgIpc) is 3.57. The van der Waals surface area contributed by atoms with Gasteiger partial charge in [0.05, 0.1) is 5.52 Å². The quantitative estimate of drug-likeness (QED) is 0.512. The molecule has 0 bridgehead atoms. The van der Waals surface area contributed by atoms with Crippen molar-refractivity contribution < 1.29 is 36.6 Å². The van der Waals surface area contributed by atoms with Crippen molar-refractivity contribution in [2.75, 3.05) is 19.6 Å². The molecule has 13 heteroatoms. The Morgan fingerprint density at radius 2 is 1.92 bits per heavy atom. The Kier molecular flexibility index (Phi) is 5.98. The van der Waals surface area contributed by atoms with Crippen LogP contribution >= 0.6 is 0 Å². The zero-order valence-corrected chi connectivity index (χ0v) is 18.5. The summed E-state index contributed by atoms with van der Waals surface area (Å²) in [4.78, 5) is 28.5. The van der Waals surface area contributed by atoms with Crippen LogP contribution in [0.4, 0.5) is 22.4 Å². The summed E-state index contributed by atoms with van der Waals surface area (Å²) in [7, 11) is 0. The fourth-order valence-corrected chi connectivity index (χ4v) is 4.12. The van der Waals surface area contributed by atoms with Crippen LogP contribution in [0.3, 0.4) is 0 Å². The first kappa shape index (κ1) is 23.6. The van der Waals surface area contributed by atoms with E-state index in [1.807, 2.05) is 0 Å². The highest BCUT2D eigenvalue weighted by atomic mass is 19.3. The lowest BCUT2D eigenvalue weighted by Gasteiger charge is -2.20. The molecule has 0 saturated carbocycles. The van der Waals surface area contributed by atoms with Gasteiger partial charge in [0.1, 0.15) is 17.9 Å². The first-order chi connectivity index (χ1) is 17.2. The monoisotopic (exact) mass is 505 g/mol. The van der Waals surface area contributed by atoms with Crippen molar-refractivity contribution in [3.8, 4) is 5.75 Å². The minimum atomic E-state index is -4.60. The van der Waals surface area contributed by atoms with Gasteiger partial charge < -0.3 is 19.3 Å². The van der Waals surface area contributed by atoms with Crippen LogP contribution in [0.5, 0.6) is 5.75 Å². The maximum Gasteiger partial charge on any atom is 0.461 e. The second-order valence-electron chi connectivity index (χ2n) is 8.45. The molecule has 3 heterocycles. The van der Waals surface area contributed by atoms with Gasteiger partial charge in [-0.3, -0.25) is 9.89 Å². The van der Waals surface area contributed by atoms with Gasteiger partial charge in [-0.1, -0.05) is 17.3 Å². The maximum absolute atomic E-state index is 13.0. The van der Waals surface area contributed by atoms with Crippen LogP contribution in [-0.2, 0) is 11.3 Å². The van der Waals surface area contributed by atoms with Crippen LogP contribution in [0.15, 0.2) is 54.2 Å². The number of nitrogens with zero attached hydrogens (tertiary/aromatic N) is 4. The fourth-order valence-electron chi connectivity index (χ4n) is 4.12. The highest BCUT2D eigenvalue weighted by molar-refractivity contribution is 5.98. The number of carbonyl (C=O) groups excluding carboxylic acids is 2. The molecule has 2 aliphatic rings. The number of likely N-dealkylation sites (tertiary alicyclic amines) is 1. The standard InChI is InChI=1S/C23H19F4N5O4/c24-21(25)23(26,27)36-17-4-1-13(2-5-17)12-35-22(34)32-10-15-8-31(9-16(15)11-32)20(33)14-3-6-18-19(7-14)29-30-28-18/h1-8,16,21H,9-12H2,(H,28,29,30)/t16-/m0/s1. The number of rotatable bonds is 6. The second kappa shape index (κ2) is 9.13. The van der Waals surface area contributed by atoms with Gasteiger partial charge in [-0.05, 0) is 41.5 Å². The Morgan fingerprint density at radius 1 is 1.14 bits per heavy atom. The van der Waals surface area contributed by atoms with Crippen LogP contribution in [0.25, 0.3) is 11.0 Å². The van der Waals surface area contributed by atoms with E-state index < -0.39 is 24.4 Å². The summed E-state index contributed by atoms with van der Waals surface area (Å²) < 4.78 is 59.7. The zero-order chi connectivity index (χ0) is 25.4. The number of halogens is 4. The minimum absolute atomic E-state index is 0.00906. The third-order valence-corrected chi connectivity index (χ3v) is 5.96. The molecule has 1 atom stereocenters. The topological polar surface area (TPSA) is 101 Å². The molecule has 2 aliphatic heterocycles. The molecule has 1 saturated heterocycles. The van der Waals surface area contributed by atoms with Crippen molar-refractivity contribution in [3.63, 3.8) is 0 Å². The van der Waals surface area contributed by atoms with E-state index in [2.05, 4.69) is 20.1 Å². The van der Waals surface area contributed by atoms with Crippen molar-refractivity contribution >= 4 is 23.0 Å². The summed E-state index contributed by atoms with van der Waals surface area (Å²) in [6, 6.07) is 9.97. The summed E-state index contributed by atoms with van der Waals surface area (Å²) in [6.07, 6.45) is -7.37. The molecule has 2 aromatic carbocycles. The van der Waals surface area contributed by atoms with Crippen LogP contribution in [-0.4, -0.2) is 69.4 Å². The molecule has 0 unspecified atom stereocenters. The van der Waals surface area contributed by atoms with Crippen molar-refractivity contribution in [3.05, 3.63) is 65.4 Å². The highest BCUT2D eigenvalue weighted by Crippen LogP contribution is 2.31. The molecule has 5 rings (SSSR count). The largest absolute Gasteiger partial charge is 0.461 e. The average molecular weight is 505 g/mol. The van der Waals surface area contributed by atoms with Gasteiger partial charge in [-0.25, -0.2) is 4.79 Å². The Morgan fingerprint density at radius 3 is 2.64 bits per heavy atom. The third kappa shape index (κ3) is 4.68. The number of alkyl halides is 4. The van der Waals surface area contributed by atoms with E-state index in [0.29, 0.717) is 36.3 Å². The number of hydrogen-bond acceptors (Lipinski definition) is 6. The van der Waals surface area contributed by atoms with Gasteiger partial charge in [0.15, 0.2) is 0 Å². The number of fused-ring (bicyclic) bond motifs is 2. The number of nitrogens with one attached hydrogen (secondary N) is 1. The summed E-state index contributed by atoms with van der Waals surface area (Å²) in [5, 5.41) is 10.4. The lowest BCUT2D eigenvalue weighted by molar-refractivity contribution is -0.253. The molecule has 36 heavy (non-hydrogen) atoms. The van der Waals surface area contributed by atoms with Gasteiger partial charge in [0, 0.05) is 37.3 Å². The summed E-state index contributed by atoms with van der Waals surface area (Å²) in [5.74, 6) is -0.616. The van der Waals surface area contributed by atoms with E-state index in [4.69, 9.17) is 4.74 Å². The fraction of sp³-hybridized carbons (Fsp3) is 0.304. The van der Waals surface area contributed by atoms with E-state index in [-0.39, 0.29) is 18.4 Å². The lowest BCUT2D eigenvalue weighted by atomic mass is 10.1. The van der Waals surface area contributed by atoms with Crippen molar-refractivity contribution in [2.24, 2.45) is 5.92 Å². The minimum Gasteiger partial charge on any atom is -0.445 e. The van der Waals surface area contributed by atoms with Gasteiger partial charge in [0.25, 0.3) is 5.91 Å².